The number of anilines is 4. The van der Waals surface area contributed by atoms with E-state index in [2.05, 4.69) is 30.7 Å². The lowest BCUT2D eigenvalue weighted by Crippen LogP contribution is -2.54. The van der Waals surface area contributed by atoms with Crippen molar-refractivity contribution in [2.75, 3.05) is 41.8 Å². The van der Waals surface area contributed by atoms with Gasteiger partial charge in [0.1, 0.15) is 16.5 Å². The van der Waals surface area contributed by atoms with Crippen molar-refractivity contribution in [3.8, 4) is 22.2 Å². The number of hydrogen-bond acceptors (Lipinski definition) is 12. The third-order valence-corrected chi connectivity index (χ3v) is 8.93. The molecule has 3 saturated carbocycles. The number of aromatic nitrogens is 5. The molecule has 0 unspecified atom stereocenters. The molecule has 39 heavy (non-hydrogen) atoms. The first-order valence-corrected chi connectivity index (χ1v) is 14.2. The Morgan fingerprint density at radius 1 is 0.923 bits per heavy atom. The Morgan fingerprint density at radius 2 is 1.67 bits per heavy atom. The van der Waals surface area contributed by atoms with E-state index in [4.69, 9.17) is 19.1 Å². The van der Waals surface area contributed by atoms with Gasteiger partial charge >= 0.3 is 0 Å². The summed E-state index contributed by atoms with van der Waals surface area (Å²) in [5.41, 5.74) is 0.305. The van der Waals surface area contributed by atoms with Crippen molar-refractivity contribution >= 4 is 34.1 Å². The predicted octanol–water partition coefficient (Wildman–Crippen LogP) is 4.48. The van der Waals surface area contributed by atoms with E-state index in [1.165, 1.54) is 11.3 Å². The lowest BCUT2D eigenvalue weighted by atomic mass is 9.63. The van der Waals surface area contributed by atoms with Gasteiger partial charge in [-0.1, -0.05) is 29.5 Å². The third-order valence-electron chi connectivity index (χ3n) is 8.03. The van der Waals surface area contributed by atoms with Gasteiger partial charge in [0, 0.05) is 30.3 Å². The zero-order chi connectivity index (χ0) is 26.3. The van der Waals surface area contributed by atoms with Crippen molar-refractivity contribution < 1.29 is 14.3 Å². The molecule has 0 spiro atoms. The van der Waals surface area contributed by atoms with Gasteiger partial charge in [-0.25, -0.2) is 4.98 Å². The predicted molar refractivity (Wildman–Crippen MR) is 148 cm³/mol. The molecule has 0 amide bonds. The maximum absolute atomic E-state index is 10.7. The van der Waals surface area contributed by atoms with Crippen LogP contribution < -0.4 is 15.5 Å². The highest BCUT2D eigenvalue weighted by Crippen LogP contribution is 2.48. The summed E-state index contributed by atoms with van der Waals surface area (Å²) in [7, 11) is 0. The summed E-state index contributed by atoms with van der Waals surface area (Å²) >= 11 is 1.42. The van der Waals surface area contributed by atoms with E-state index >= 15 is 0 Å². The fourth-order valence-corrected chi connectivity index (χ4v) is 6.40. The monoisotopic (exact) mass is 546 g/mol. The molecule has 3 aromatic heterocycles. The molecule has 12 heteroatoms. The van der Waals surface area contributed by atoms with Gasteiger partial charge in [0.15, 0.2) is 5.13 Å². The largest absolute Gasteiger partial charge is 0.415 e. The number of morpholine rings is 1. The molecule has 1 aromatic carbocycles. The third kappa shape index (κ3) is 5.07. The summed E-state index contributed by atoms with van der Waals surface area (Å²) in [6.45, 7) is 2.89. The highest BCUT2D eigenvalue weighted by atomic mass is 32.1. The summed E-state index contributed by atoms with van der Waals surface area (Å²) < 4.78 is 11.5. The minimum Gasteiger partial charge on any atom is -0.415 e. The highest BCUT2D eigenvalue weighted by Gasteiger charge is 2.48. The molecule has 2 bridgehead atoms. The van der Waals surface area contributed by atoms with Crippen LogP contribution in [0.3, 0.4) is 0 Å². The second-order valence-electron chi connectivity index (χ2n) is 10.6. The lowest BCUT2D eigenvalue weighted by Gasteiger charge is -2.51. The number of ether oxygens (including phenoxy) is 1. The molecule has 4 fully saturated rings. The number of benzene rings is 1. The number of hydrogen-bond donors (Lipinski definition) is 3. The average molecular weight is 547 g/mol. The van der Waals surface area contributed by atoms with Crippen molar-refractivity contribution in [3.63, 3.8) is 0 Å². The quantitative estimate of drug-likeness (QED) is 0.303. The van der Waals surface area contributed by atoms with Crippen LogP contribution in [0.15, 0.2) is 47.0 Å². The molecular formula is C27H30N8O3S. The molecule has 0 radical (unpaired) electrons. The van der Waals surface area contributed by atoms with Gasteiger partial charge < -0.3 is 29.8 Å². The van der Waals surface area contributed by atoms with Crippen LogP contribution in [0.2, 0.25) is 0 Å². The van der Waals surface area contributed by atoms with Crippen LogP contribution in [0.25, 0.3) is 22.2 Å². The second kappa shape index (κ2) is 9.85. The van der Waals surface area contributed by atoms with Crippen LogP contribution in [0.5, 0.6) is 0 Å². The number of rotatable bonds is 7. The molecule has 1 aliphatic heterocycles. The summed E-state index contributed by atoms with van der Waals surface area (Å²) in [6.07, 6.45) is 6.93. The zero-order valence-corrected chi connectivity index (χ0v) is 22.3. The number of thiazole rings is 1. The number of nitrogens with zero attached hydrogens (tertiary/aromatic N) is 6. The molecular weight excluding hydrogens is 516 g/mol. The Kier molecular flexibility index (Phi) is 6.17. The lowest BCUT2D eigenvalue weighted by molar-refractivity contribution is -0.0581. The fourth-order valence-electron chi connectivity index (χ4n) is 5.66. The van der Waals surface area contributed by atoms with Crippen molar-refractivity contribution in [1.29, 1.82) is 0 Å². The standard InChI is InChI=1S/C27H30N8O3S/c36-27-9-6-26(7-10-27,8-11-27)32-24-29-20(16-21(31-24)35-12-14-37-15-13-35)30-25-28-17-19(39-25)23-34-33-22(38-23)18-4-2-1-3-5-18/h1-5,16-17,36H,6-15H2,(H2,28,29,30,31,32). The first-order valence-electron chi connectivity index (χ1n) is 13.4. The van der Waals surface area contributed by atoms with Crippen LogP contribution in [0.4, 0.5) is 22.7 Å². The molecule has 4 aliphatic rings. The number of nitrogens with one attached hydrogen (secondary N) is 2. The molecule has 11 nitrogen and oxygen atoms in total. The van der Waals surface area contributed by atoms with Crippen LogP contribution in [-0.2, 0) is 4.74 Å². The summed E-state index contributed by atoms with van der Waals surface area (Å²) in [6, 6.07) is 11.6. The van der Waals surface area contributed by atoms with Gasteiger partial charge in [-0.2, -0.15) is 9.97 Å². The molecule has 1 saturated heterocycles. The van der Waals surface area contributed by atoms with Crippen LogP contribution >= 0.6 is 11.3 Å². The van der Waals surface area contributed by atoms with Gasteiger partial charge in [0.25, 0.3) is 5.89 Å². The van der Waals surface area contributed by atoms with E-state index in [1.54, 1.807) is 6.20 Å². The average Bonchev–Trinajstić information content (AvgIpc) is 3.65. The van der Waals surface area contributed by atoms with Gasteiger partial charge in [0.2, 0.25) is 11.8 Å². The van der Waals surface area contributed by atoms with E-state index in [0.29, 0.717) is 41.9 Å². The first-order chi connectivity index (χ1) is 19.0. The first kappa shape index (κ1) is 24.4. The van der Waals surface area contributed by atoms with Gasteiger partial charge in [0.05, 0.1) is 25.0 Å². The Morgan fingerprint density at radius 3 is 2.44 bits per heavy atom. The Labute approximate surface area is 229 Å². The van der Waals surface area contributed by atoms with E-state index in [9.17, 15) is 5.11 Å². The Hall–Kier alpha value is -3.61. The molecule has 202 valence electrons. The number of fused-ring (bicyclic) bond motifs is 3. The van der Waals surface area contributed by atoms with Gasteiger partial charge in [-0.3, -0.25) is 0 Å². The maximum atomic E-state index is 10.7. The topological polar surface area (TPSA) is 134 Å². The van der Waals surface area contributed by atoms with Crippen LogP contribution in [0, 0.1) is 0 Å². The number of aliphatic hydroxyl groups is 1. The zero-order valence-electron chi connectivity index (χ0n) is 21.5. The smallest absolute Gasteiger partial charge is 0.259 e. The summed E-state index contributed by atoms with van der Waals surface area (Å²) in [5.74, 6) is 2.99. The fraction of sp³-hybridized carbons (Fsp3) is 0.444. The van der Waals surface area contributed by atoms with E-state index < -0.39 is 5.60 Å². The molecule has 3 N–H and O–H groups in total. The van der Waals surface area contributed by atoms with Gasteiger partial charge in [-0.15, -0.1) is 10.2 Å². The molecule has 0 atom stereocenters. The maximum Gasteiger partial charge on any atom is 0.259 e. The minimum absolute atomic E-state index is 0.0752. The van der Waals surface area contributed by atoms with E-state index in [0.717, 1.165) is 67.9 Å². The van der Waals surface area contributed by atoms with E-state index in [-0.39, 0.29) is 5.54 Å². The summed E-state index contributed by atoms with van der Waals surface area (Å²) in [4.78, 5) is 17.3. The van der Waals surface area contributed by atoms with E-state index in [1.807, 2.05) is 36.4 Å². The van der Waals surface area contributed by atoms with Crippen molar-refractivity contribution in [3.05, 3.63) is 42.6 Å². The molecule has 4 aromatic rings. The molecule has 8 rings (SSSR count). The van der Waals surface area contributed by atoms with Crippen molar-refractivity contribution in [2.45, 2.75) is 49.7 Å². The Balaban J connectivity index is 1.13. The van der Waals surface area contributed by atoms with Crippen molar-refractivity contribution in [1.82, 2.24) is 25.1 Å². The van der Waals surface area contributed by atoms with Crippen LogP contribution in [-0.4, -0.2) is 67.7 Å². The normalized spacial score (nSPS) is 24.6. The van der Waals surface area contributed by atoms with Crippen molar-refractivity contribution in [2.24, 2.45) is 0 Å². The summed E-state index contributed by atoms with van der Waals surface area (Å²) in [5, 5.41) is 26.8. The SMILES string of the molecule is OC12CCC(Nc3nc(Nc4ncc(-c5nnc(-c6ccccc6)o5)s4)cc(N4CCOCC4)n3)(CC1)CC2. The van der Waals surface area contributed by atoms with Gasteiger partial charge in [-0.05, 0) is 50.7 Å². The minimum atomic E-state index is -0.491. The molecule has 4 heterocycles. The Bertz CT molecular complexity index is 1430. The molecule has 3 aliphatic carbocycles. The highest BCUT2D eigenvalue weighted by molar-refractivity contribution is 7.18. The second-order valence-corrected chi connectivity index (χ2v) is 11.6. The van der Waals surface area contributed by atoms with Crippen LogP contribution in [0.1, 0.15) is 38.5 Å².